The number of methoxy groups -OCH3 is 1. The maximum atomic E-state index is 13.2. The number of hydrogen-bond acceptors (Lipinski definition) is 2. The van der Waals surface area contributed by atoms with Crippen molar-refractivity contribution in [3.8, 4) is 11.8 Å². The van der Waals surface area contributed by atoms with Crippen LogP contribution in [-0.4, -0.2) is 13.1 Å². The minimum atomic E-state index is -0.420. The molecule has 15 heavy (non-hydrogen) atoms. The fraction of sp³-hybridized carbons (Fsp3) is 0.250. The first-order valence-electron chi connectivity index (χ1n) is 4.46. The van der Waals surface area contributed by atoms with E-state index in [0.29, 0.717) is 5.56 Å². The van der Waals surface area contributed by atoms with Crippen molar-refractivity contribution in [1.82, 2.24) is 0 Å². The van der Waals surface area contributed by atoms with Crippen molar-refractivity contribution in [1.29, 1.82) is 0 Å². The fourth-order valence-electron chi connectivity index (χ4n) is 1.07. The number of esters is 1. The van der Waals surface area contributed by atoms with Gasteiger partial charge in [-0.25, -0.2) is 4.39 Å². The molecule has 0 fully saturated rings. The number of carbonyl (C=O) groups excluding carboxylic acids is 1. The summed E-state index contributed by atoms with van der Waals surface area (Å²) in [5.41, 5.74) is 1.09. The maximum absolute atomic E-state index is 13.2. The fourth-order valence-corrected chi connectivity index (χ4v) is 1.07. The van der Waals surface area contributed by atoms with Crippen LogP contribution in [0.2, 0.25) is 0 Å². The van der Waals surface area contributed by atoms with Crippen molar-refractivity contribution >= 4 is 5.97 Å². The summed E-state index contributed by atoms with van der Waals surface area (Å²) in [4.78, 5) is 10.8. The normalized spacial score (nSPS) is 9.00. The molecule has 2 nitrogen and oxygen atoms in total. The molecular weight excluding hydrogens is 195 g/mol. The van der Waals surface area contributed by atoms with Gasteiger partial charge in [0.25, 0.3) is 0 Å². The highest BCUT2D eigenvalue weighted by Gasteiger charge is 2.01. The number of carbonyl (C=O) groups is 1. The smallest absolute Gasteiger partial charge is 0.317 e. The molecule has 0 spiro atoms. The van der Waals surface area contributed by atoms with E-state index in [1.807, 2.05) is 0 Å². The lowest BCUT2D eigenvalue weighted by molar-refractivity contribution is -0.139. The van der Waals surface area contributed by atoms with E-state index in [2.05, 4.69) is 16.6 Å². The molecule has 0 saturated carbocycles. The number of rotatable bonds is 1. The van der Waals surface area contributed by atoms with Crippen molar-refractivity contribution in [2.45, 2.75) is 13.3 Å². The van der Waals surface area contributed by atoms with Gasteiger partial charge < -0.3 is 4.74 Å². The zero-order chi connectivity index (χ0) is 11.3. The van der Waals surface area contributed by atoms with E-state index >= 15 is 0 Å². The number of aryl methyl sites for hydroxylation is 1. The molecule has 3 heteroatoms. The summed E-state index contributed by atoms with van der Waals surface area (Å²) in [7, 11) is 1.29. The Morgan fingerprint density at radius 3 is 2.87 bits per heavy atom. The number of benzene rings is 1. The number of hydrogen-bond donors (Lipinski definition) is 0. The van der Waals surface area contributed by atoms with Gasteiger partial charge >= 0.3 is 5.97 Å². The second kappa shape index (κ2) is 5.16. The summed E-state index contributed by atoms with van der Waals surface area (Å²) in [6.07, 6.45) is -0.0235. The zero-order valence-corrected chi connectivity index (χ0v) is 8.63. The molecule has 0 amide bonds. The molecule has 0 radical (unpaired) electrons. The summed E-state index contributed by atoms with van der Waals surface area (Å²) < 4.78 is 17.7. The number of halogens is 1. The lowest BCUT2D eigenvalue weighted by atomic mass is 10.1. The molecule has 0 aliphatic heterocycles. The van der Waals surface area contributed by atoms with Crippen LogP contribution in [0, 0.1) is 24.6 Å². The van der Waals surface area contributed by atoms with Crippen molar-refractivity contribution < 1.29 is 13.9 Å². The standard InChI is InChI=1S/C12H11FO2/c1-9-5-3-7-11(13)10(9)6-4-8-12(14)15-2/h3,5,7H,8H2,1-2H3. The van der Waals surface area contributed by atoms with Crippen molar-refractivity contribution in [3.63, 3.8) is 0 Å². The van der Waals surface area contributed by atoms with E-state index < -0.39 is 5.97 Å². The van der Waals surface area contributed by atoms with Gasteiger partial charge in [0, 0.05) is 0 Å². The molecule has 0 saturated heterocycles. The van der Waals surface area contributed by atoms with E-state index in [1.54, 1.807) is 19.1 Å². The third-order valence-corrected chi connectivity index (χ3v) is 1.90. The van der Waals surface area contributed by atoms with Crippen LogP contribution in [0.4, 0.5) is 4.39 Å². The van der Waals surface area contributed by atoms with E-state index in [0.717, 1.165) is 5.56 Å². The van der Waals surface area contributed by atoms with Crippen LogP contribution < -0.4 is 0 Å². The maximum Gasteiger partial charge on any atom is 0.317 e. The van der Waals surface area contributed by atoms with Gasteiger partial charge in [-0.1, -0.05) is 24.0 Å². The molecule has 0 N–H and O–H groups in total. The highest BCUT2D eigenvalue weighted by atomic mass is 19.1. The van der Waals surface area contributed by atoms with Crippen molar-refractivity contribution in [3.05, 3.63) is 35.1 Å². The molecule has 1 rings (SSSR count). The Bertz CT molecular complexity index is 407. The Labute approximate surface area is 88.1 Å². The Balaban J connectivity index is 2.84. The van der Waals surface area contributed by atoms with Crippen molar-refractivity contribution in [2.75, 3.05) is 7.11 Å². The van der Waals surface area contributed by atoms with Gasteiger partial charge in [0.2, 0.25) is 0 Å². The molecule has 0 unspecified atom stereocenters. The third kappa shape index (κ3) is 3.10. The van der Waals surface area contributed by atoms with Crippen molar-refractivity contribution in [2.24, 2.45) is 0 Å². The van der Waals surface area contributed by atoms with Crippen LogP contribution in [0.15, 0.2) is 18.2 Å². The van der Waals surface area contributed by atoms with Gasteiger partial charge in [-0.2, -0.15) is 0 Å². The molecule has 0 aliphatic carbocycles. The molecule has 0 heterocycles. The summed E-state index contributed by atoms with van der Waals surface area (Å²) in [5.74, 6) is 4.40. The predicted molar refractivity (Wildman–Crippen MR) is 54.6 cm³/mol. The lowest BCUT2D eigenvalue weighted by Crippen LogP contribution is -1.97. The highest BCUT2D eigenvalue weighted by Crippen LogP contribution is 2.10. The molecular formula is C12H11FO2. The van der Waals surface area contributed by atoms with Gasteiger partial charge in [0.05, 0.1) is 12.7 Å². The largest absolute Gasteiger partial charge is 0.468 e. The molecule has 0 aromatic heterocycles. The minimum absolute atomic E-state index is 0.0235. The monoisotopic (exact) mass is 206 g/mol. The van der Waals surface area contributed by atoms with E-state index in [4.69, 9.17) is 0 Å². The Hall–Kier alpha value is -1.82. The second-order valence-corrected chi connectivity index (χ2v) is 2.99. The van der Waals surface area contributed by atoms with Gasteiger partial charge in [-0.15, -0.1) is 0 Å². The highest BCUT2D eigenvalue weighted by molar-refractivity contribution is 5.72. The predicted octanol–water partition coefficient (Wildman–Crippen LogP) is 2.05. The first kappa shape index (κ1) is 11.3. The average Bonchev–Trinajstić information content (AvgIpc) is 2.22. The second-order valence-electron chi connectivity index (χ2n) is 2.99. The third-order valence-electron chi connectivity index (χ3n) is 1.90. The van der Waals surface area contributed by atoms with E-state index in [1.165, 1.54) is 13.2 Å². The van der Waals surface area contributed by atoms with Crippen LogP contribution in [0.5, 0.6) is 0 Å². The molecule has 0 bridgehead atoms. The van der Waals surface area contributed by atoms with Crippen LogP contribution in [0.3, 0.4) is 0 Å². The van der Waals surface area contributed by atoms with Gasteiger partial charge in [0.15, 0.2) is 0 Å². The summed E-state index contributed by atoms with van der Waals surface area (Å²) in [5, 5.41) is 0. The summed E-state index contributed by atoms with van der Waals surface area (Å²) in [6.45, 7) is 1.77. The number of ether oxygens (including phenoxy) is 1. The Morgan fingerprint density at radius 2 is 2.27 bits per heavy atom. The molecule has 1 aromatic carbocycles. The summed E-state index contributed by atoms with van der Waals surface area (Å²) >= 11 is 0. The first-order valence-corrected chi connectivity index (χ1v) is 4.46. The Kier molecular flexibility index (Phi) is 3.87. The van der Waals surface area contributed by atoms with Gasteiger partial charge in [-0.05, 0) is 18.6 Å². The quantitative estimate of drug-likeness (QED) is 0.519. The van der Waals surface area contributed by atoms with Crippen LogP contribution in [0.25, 0.3) is 0 Å². The molecule has 1 aromatic rings. The van der Waals surface area contributed by atoms with Gasteiger partial charge in [0.1, 0.15) is 12.2 Å². The van der Waals surface area contributed by atoms with Gasteiger partial charge in [-0.3, -0.25) is 4.79 Å². The van der Waals surface area contributed by atoms with E-state index in [-0.39, 0.29) is 12.2 Å². The molecule has 78 valence electrons. The lowest BCUT2D eigenvalue weighted by Gasteiger charge is -1.98. The van der Waals surface area contributed by atoms with E-state index in [9.17, 15) is 9.18 Å². The average molecular weight is 206 g/mol. The Morgan fingerprint density at radius 1 is 1.53 bits per heavy atom. The minimum Gasteiger partial charge on any atom is -0.468 e. The topological polar surface area (TPSA) is 26.3 Å². The SMILES string of the molecule is COC(=O)CC#Cc1c(C)cccc1F. The van der Waals surface area contributed by atoms with Crippen LogP contribution in [-0.2, 0) is 9.53 Å². The summed E-state index contributed by atoms with van der Waals surface area (Å²) in [6, 6.07) is 4.73. The van der Waals surface area contributed by atoms with Crippen LogP contribution >= 0.6 is 0 Å². The molecule has 0 aliphatic rings. The zero-order valence-electron chi connectivity index (χ0n) is 8.63. The first-order chi connectivity index (χ1) is 7.15. The van der Waals surface area contributed by atoms with Crippen LogP contribution in [0.1, 0.15) is 17.5 Å². The molecule has 0 atom stereocenters.